The van der Waals surface area contributed by atoms with Crippen LogP contribution in [0.5, 0.6) is 0 Å². The molecule has 0 spiro atoms. The van der Waals surface area contributed by atoms with Crippen molar-refractivity contribution in [3.05, 3.63) is 184 Å². The van der Waals surface area contributed by atoms with Crippen LogP contribution in [0.25, 0.3) is 24.3 Å². The second kappa shape index (κ2) is 14.8. The molecule has 0 amide bonds. The van der Waals surface area contributed by atoms with E-state index in [0.29, 0.717) is 0 Å². The molecule has 0 aliphatic carbocycles. The van der Waals surface area contributed by atoms with Crippen molar-refractivity contribution >= 4 is 41.4 Å². The van der Waals surface area contributed by atoms with Crippen molar-refractivity contribution in [1.29, 1.82) is 0 Å². The van der Waals surface area contributed by atoms with Gasteiger partial charge in [-0.25, -0.2) is 0 Å². The van der Waals surface area contributed by atoms with Gasteiger partial charge in [-0.1, -0.05) is 157 Å². The van der Waals surface area contributed by atoms with E-state index in [9.17, 15) is 0 Å². The molecule has 0 bridgehead atoms. The van der Waals surface area contributed by atoms with Crippen LogP contribution in [0.3, 0.4) is 0 Å². The van der Waals surface area contributed by atoms with Crippen LogP contribution in [0.15, 0.2) is 140 Å². The molecule has 0 radical (unpaired) electrons. The molecule has 0 N–H and O–H groups in total. The largest absolute Gasteiger partial charge is 0.310 e. The van der Waals surface area contributed by atoms with Crippen LogP contribution >= 0.6 is 0 Å². The number of aryl methyl sites for hydroxylation is 4. The van der Waals surface area contributed by atoms with Gasteiger partial charge in [0.05, 0.1) is 0 Å². The molecule has 218 valence electrons. The fourth-order valence-corrected chi connectivity index (χ4v) is 5.13. The number of benzene rings is 5. The number of nitrogens with zero attached hydrogens (tertiary/aromatic N) is 1. The summed E-state index contributed by atoms with van der Waals surface area (Å²) in [6.45, 7) is 8.61. The van der Waals surface area contributed by atoms with Gasteiger partial charge in [-0.3, -0.25) is 0 Å². The molecule has 0 fully saturated rings. The zero-order chi connectivity index (χ0) is 30.7. The summed E-state index contributed by atoms with van der Waals surface area (Å²) in [6, 6.07) is 41.5. The summed E-state index contributed by atoms with van der Waals surface area (Å²) in [5, 5.41) is 0. The summed E-state index contributed by atoms with van der Waals surface area (Å²) in [4.78, 5) is 2.37. The SMILES string of the molecule is CCc1cc(C)ccc1N(c1ccc(/C=C/C=C/c2ccc(C)cc2)cc1)c1ccc(/C=C/C=C/c2ccc(C)cc2)cc1. The van der Waals surface area contributed by atoms with Gasteiger partial charge in [-0.2, -0.15) is 0 Å². The minimum atomic E-state index is 0.968. The van der Waals surface area contributed by atoms with Gasteiger partial charge >= 0.3 is 0 Å². The van der Waals surface area contributed by atoms with Crippen LogP contribution in [-0.4, -0.2) is 0 Å². The van der Waals surface area contributed by atoms with Crippen molar-refractivity contribution in [3.63, 3.8) is 0 Å². The molecule has 1 heteroatoms. The fraction of sp³-hybridized carbons (Fsp3) is 0.116. The van der Waals surface area contributed by atoms with E-state index in [1.807, 2.05) is 0 Å². The van der Waals surface area contributed by atoms with E-state index >= 15 is 0 Å². The predicted octanol–water partition coefficient (Wildman–Crippen LogP) is 12.1. The lowest BCUT2D eigenvalue weighted by molar-refractivity contribution is 1.11. The highest BCUT2D eigenvalue weighted by atomic mass is 15.1. The van der Waals surface area contributed by atoms with Gasteiger partial charge in [0.25, 0.3) is 0 Å². The molecule has 0 atom stereocenters. The third kappa shape index (κ3) is 8.24. The molecule has 5 aromatic carbocycles. The number of hydrogen-bond acceptors (Lipinski definition) is 1. The van der Waals surface area contributed by atoms with E-state index < -0.39 is 0 Å². The van der Waals surface area contributed by atoms with Crippen LogP contribution in [0.2, 0.25) is 0 Å². The first kappa shape index (κ1) is 30.3. The molecule has 0 aromatic heterocycles. The fourth-order valence-electron chi connectivity index (χ4n) is 5.13. The molecule has 5 rings (SSSR count). The maximum atomic E-state index is 2.37. The average Bonchev–Trinajstić information content (AvgIpc) is 3.05. The van der Waals surface area contributed by atoms with Crippen LogP contribution in [0.1, 0.15) is 51.4 Å². The van der Waals surface area contributed by atoms with Crippen molar-refractivity contribution in [2.45, 2.75) is 34.1 Å². The Labute approximate surface area is 263 Å². The van der Waals surface area contributed by atoms with E-state index in [2.05, 4.69) is 196 Å². The summed E-state index contributed by atoms with van der Waals surface area (Å²) >= 11 is 0. The minimum absolute atomic E-state index is 0.968. The predicted molar refractivity (Wildman–Crippen MR) is 194 cm³/mol. The van der Waals surface area contributed by atoms with Crippen LogP contribution < -0.4 is 4.90 Å². The number of rotatable bonds is 10. The lowest BCUT2D eigenvalue weighted by atomic mass is 10.0. The Morgan fingerprint density at radius 1 is 0.432 bits per heavy atom. The summed E-state index contributed by atoms with van der Waals surface area (Å²) < 4.78 is 0. The lowest BCUT2D eigenvalue weighted by Gasteiger charge is -2.28. The number of allylic oxidation sites excluding steroid dienone is 4. The molecular formula is C43H41N. The Kier molecular flexibility index (Phi) is 10.2. The average molecular weight is 572 g/mol. The van der Waals surface area contributed by atoms with E-state index in [1.54, 1.807) is 0 Å². The highest BCUT2D eigenvalue weighted by Crippen LogP contribution is 2.37. The van der Waals surface area contributed by atoms with Crippen molar-refractivity contribution < 1.29 is 0 Å². The van der Waals surface area contributed by atoms with Crippen LogP contribution in [-0.2, 0) is 6.42 Å². The van der Waals surface area contributed by atoms with Gasteiger partial charge < -0.3 is 4.90 Å². The smallest absolute Gasteiger partial charge is 0.0493 e. The third-order valence-electron chi connectivity index (χ3n) is 7.69. The van der Waals surface area contributed by atoms with Gasteiger partial charge in [0.1, 0.15) is 0 Å². The first-order chi connectivity index (χ1) is 21.5. The maximum absolute atomic E-state index is 2.37. The Hall–Kier alpha value is -5.14. The third-order valence-corrected chi connectivity index (χ3v) is 7.69. The monoisotopic (exact) mass is 571 g/mol. The maximum Gasteiger partial charge on any atom is 0.0493 e. The zero-order valence-corrected chi connectivity index (χ0v) is 26.2. The van der Waals surface area contributed by atoms with E-state index in [4.69, 9.17) is 0 Å². The molecule has 44 heavy (non-hydrogen) atoms. The molecule has 0 saturated carbocycles. The molecular weight excluding hydrogens is 530 g/mol. The Bertz CT molecular complexity index is 1650. The van der Waals surface area contributed by atoms with Crippen molar-refractivity contribution in [3.8, 4) is 0 Å². The van der Waals surface area contributed by atoms with Gasteiger partial charge in [-0.15, -0.1) is 0 Å². The standard InChI is InChI=1S/C43H41N/c1-5-40-32-35(4)18-31-43(40)44(41-27-23-38(24-28-41)12-8-6-10-36-19-14-33(2)15-20-36)42-29-25-39(26-30-42)13-9-7-11-37-21-16-34(3)17-22-37/h6-32H,5H2,1-4H3/b10-6+,11-7+,12-8+,13-9+. The Morgan fingerprint density at radius 3 is 1.14 bits per heavy atom. The summed E-state index contributed by atoms with van der Waals surface area (Å²) in [6.07, 6.45) is 17.9. The second-order valence-corrected chi connectivity index (χ2v) is 11.3. The highest BCUT2D eigenvalue weighted by molar-refractivity contribution is 5.80. The van der Waals surface area contributed by atoms with Crippen molar-refractivity contribution in [2.75, 3.05) is 4.90 Å². The number of hydrogen-bond donors (Lipinski definition) is 0. The topological polar surface area (TPSA) is 3.24 Å². The first-order valence-electron chi connectivity index (χ1n) is 15.4. The lowest BCUT2D eigenvalue weighted by Crippen LogP contribution is -2.12. The number of anilines is 3. The van der Waals surface area contributed by atoms with Gasteiger partial charge in [-0.05, 0) is 85.3 Å². The second-order valence-electron chi connectivity index (χ2n) is 11.3. The molecule has 1 nitrogen and oxygen atoms in total. The Balaban J connectivity index is 1.36. The van der Waals surface area contributed by atoms with Crippen LogP contribution in [0, 0.1) is 20.8 Å². The zero-order valence-electron chi connectivity index (χ0n) is 26.2. The minimum Gasteiger partial charge on any atom is -0.310 e. The quantitative estimate of drug-likeness (QED) is 0.151. The van der Waals surface area contributed by atoms with Gasteiger partial charge in [0.2, 0.25) is 0 Å². The van der Waals surface area contributed by atoms with E-state index in [-0.39, 0.29) is 0 Å². The van der Waals surface area contributed by atoms with Gasteiger partial charge in [0, 0.05) is 17.1 Å². The highest BCUT2D eigenvalue weighted by Gasteiger charge is 2.15. The van der Waals surface area contributed by atoms with E-state index in [0.717, 1.165) is 17.8 Å². The first-order valence-corrected chi connectivity index (χ1v) is 15.4. The molecule has 0 aliphatic rings. The van der Waals surface area contributed by atoms with Crippen molar-refractivity contribution in [1.82, 2.24) is 0 Å². The van der Waals surface area contributed by atoms with Crippen molar-refractivity contribution in [2.24, 2.45) is 0 Å². The van der Waals surface area contributed by atoms with Gasteiger partial charge in [0.15, 0.2) is 0 Å². The summed E-state index contributed by atoms with van der Waals surface area (Å²) in [7, 11) is 0. The normalized spacial score (nSPS) is 11.8. The molecule has 0 aliphatic heterocycles. The van der Waals surface area contributed by atoms with Crippen LogP contribution in [0.4, 0.5) is 17.1 Å². The Morgan fingerprint density at radius 2 is 0.773 bits per heavy atom. The molecule has 0 heterocycles. The molecule has 0 unspecified atom stereocenters. The van der Waals surface area contributed by atoms with E-state index in [1.165, 1.54) is 50.2 Å². The summed E-state index contributed by atoms with van der Waals surface area (Å²) in [5.41, 5.74) is 13.4. The molecule has 0 saturated heterocycles. The summed E-state index contributed by atoms with van der Waals surface area (Å²) in [5.74, 6) is 0. The molecule has 5 aromatic rings.